The van der Waals surface area contributed by atoms with E-state index in [1.54, 1.807) is 24.9 Å². The molecule has 1 aromatic carbocycles. The first kappa shape index (κ1) is 18.4. The topological polar surface area (TPSA) is 108 Å². The van der Waals surface area contributed by atoms with E-state index >= 15 is 0 Å². The van der Waals surface area contributed by atoms with Gasteiger partial charge in [-0.2, -0.15) is 4.98 Å². The third kappa shape index (κ3) is 4.20. The molecule has 1 fully saturated rings. The number of anilines is 3. The summed E-state index contributed by atoms with van der Waals surface area (Å²) in [4.78, 5) is 27.2. The van der Waals surface area contributed by atoms with Crippen molar-refractivity contribution in [2.75, 3.05) is 23.7 Å². The molecule has 0 amide bonds. The summed E-state index contributed by atoms with van der Waals surface area (Å²) < 4.78 is 0. The predicted octanol–water partition coefficient (Wildman–Crippen LogP) is 2.96. The van der Waals surface area contributed by atoms with Crippen molar-refractivity contribution in [3.05, 3.63) is 60.8 Å². The molecule has 3 N–H and O–H groups in total. The SMILES string of the molecule is c1ccc(CN2CCC(Nc3ncnc4nc(Nc5cnccn5)[nH]c34)CC2)cc1. The van der Waals surface area contributed by atoms with Crippen LogP contribution in [0.4, 0.5) is 17.6 Å². The molecule has 0 spiro atoms. The molecule has 1 aliphatic heterocycles. The van der Waals surface area contributed by atoms with E-state index in [-0.39, 0.29) is 0 Å². The Balaban J connectivity index is 1.23. The van der Waals surface area contributed by atoms with E-state index in [9.17, 15) is 0 Å². The molecular weight excluding hydrogens is 378 g/mol. The molecule has 5 rings (SSSR count). The lowest BCUT2D eigenvalue weighted by molar-refractivity contribution is 0.211. The minimum absolute atomic E-state index is 0.370. The first-order chi connectivity index (χ1) is 14.8. The van der Waals surface area contributed by atoms with Gasteiger partial charge in [-0.15, -0.1) is 0 Å². The van der Waals surface area contributed by atoms with Gasteiger partial charge >= 0.3 is 0 Å². The van der Waals surface area contributed by atoms with Crippen LogP contribution in [0, 0.1) is 0 Å². The summed E-state index contributed by atoms with van der Waals surface area (Å²) in [6.07, 6.45) is 8.57. The van der Waals surface area contributed by atoms with Gasteiger partial charge in [-0.3, -0.25) is 9.88 Å². The minimum atomic E-state index is 0.370. The number of hydrogen-bond acceptors (Lipinski definition) is 8. The van der Waals surface area contributed by atoms with E-state index in [1.165, 1.54) is 5.56 Å². The van der Waals surface area contributed by atoms with E-state index < -0.39 is 0 Å². The highest BCUT2D eigenvalue weighted by molar-refractivity contribution is 5.84. The lowest BCUT2D eigenvalue weighted by Gasteiger charge is -2.32. The molecule has 4 aromatic rings. The number of rotatable bonds is 6. The maximum atomic E-state index is 4.49. The number of benzene rings is 1. The van der Waals surface area contributed by atoms with Gasteiger partial charge in [0, 0.05) is 38.1 Å². The number of fused-ring (bicyclic) bond motifs is 1. The molecule has 9 heteroatoms. The molecule has 0 atom stereocenters. The Hall–Kier alpha value is -3.59. The van der Waals surface area contributed by atoms with E-state index in [0.29, 0.717) is 23.5 Å². The molecule has 0 saturated carbocycles. The van der Waals surface area contributed by atoms with Crippen LogP contribution in [0.15, 0.2) is 55.2 Å². The van der Waals surface area contributed by atoms with E-state index in [0.717, 1.165) is 43.8 Å². The predicted molar refractivity (Wildman–Crippen MR) is 115 cm³/mol. The van der Waals surface area contributed by atoms with Crippen LogP contribution in [0.25, 0.3) is 11.2 Å². The molecule has 0 bridgehead atoms. The second-order valence-electron chi connectivity index (χ2n) is 7.40. The van der Waals surface area contributed by atoms with Crippen molar-refractivity contribution in [2.24, 2.45) is 0 Å². The average molecular weight is 401 g/mol. The zero-order chi connectivity index (χ0) is 20.2. The van der Waals surface area contributed by atoms with Gasteiger partial charge < -0.3 is 15.6 Å². The van der Waals surface area contributed by atoms with Crippen molar-refractivity contribution in [3.8, 4) is 0 Å². The number of imidazole rings is 1. The standard InChI is InChI=1S/C21H23N9/c1-2-4-15(5-3-1)13-30-10-6-16(7-11-30)26-19-18-20(25-14-24-19)29-21(28-18)27-17-12-22-8-9-23-17/h1-5,8-9,12,14,16H,6-7,10-11,13H2,(H3,23,24,25,26,27,28,29). The van der Waals surface area contributed by atoms with E-state index in [2.05, 4.69) is 75.8 Å². The maximum Gasteiger partial charge on any atom is 0.208 e. The van der Waals surface area contributed by atoms with Crippen LogP contribution in [0.5, 0.6) is 0 Å². The van der Waals surface area contributed by atoms with Crippen LogP contribution >= 0.6 is 0 Å². The zero-order valence-corrected chi connectivity index (χ0v) is 16.5. The number of nitrogens with one attached hydrogen (secondary N) is 3. The number of nitrogens with zero attached hydrogens (tertiary/aromatic N) is 6. The van der Waals surface area contributed by atoms with Gasteiger partial charge in [-0.1, -0.05) is 30.3 Å². The molecular formula is C21H23N9. The summed E-state index contributed by atoms with van der Waals surface area (Å²) in [5, 5.41) is 6.69. The van der Waals surface area contributed by atoms with Crippen LogP contribution in [0.2, 0.25) is 0 Å². The van der Waals surface area contributed by atoms with Crippen LogP contribution in [-0.2, 0) is 6.54 Å². The number of aromatic nitrogens is 6. The van der Waals surface area contributed by atoms with Gasteiger partial charge in [0.25, 0.3) is 0 Å². The number of hydrogen-bond donors (Lipinski definition) is 3. The van der Waals surface area contributed by atoms with Crippen molar-refractivity contribution in [3.63, 3.8) is 0 Å². The van der Waals surface area contributed by atoms with Gasteiger partial charge in [0.15, 0.2) is 17.3 Å². The van der Waals surface area contributed by atoms with Gasteiger partial charge in [0.05, 0.1) is 6.20 Å². The molecule has 30 heavy (non-hydrogen) atoms. The fraction of sp³-hybridized carbons (Fsp3) is 0.286. The summed E-state index contributed by atoms with van der Waals surface area (Å²) in [5.41, 5.74) is 2.76. The van der Waals surface area contributed by atoms with E-state index in [1.807, 2.05) is 0 Å². The Morgan fingerprint density at radius 3 is 2.70 bits per heavy atom. The quantitative estimate of drug-likeness (QED) is 0.453. The molecule has 1 saturated heterocycles. The lowest BCUT2D eigenvalue weighted by atomic mass is 10.0. The summed E-state index contributed by atoms with van der Waals surface area (Å²) in [5.74, 6) is 1.96. The first-order valence-electron chi connectivity index (χ1n) is 10.1. The fourth-order valence-corrected chi connectivity index (χ4v) is 3.75. The molecule has 0 unspecified atom stereocenters. The average Bonchev–Trinajstić information content (AvgIpc) is 3.20. The van der Waals surface area contributed by atoms with Gasteiger partial charge in [0.2, 0.25) is 5.95 Å². The van der Waals surface area contributed by atoms with Crippen molar-refractivity contribution in [2.45, 2.75) is 25.4 Å². The zero-order valence-electron chi connectivity index (χ0n) is 16.5. The molecule has 152 valence electrons. The van der Waals surface area contributed by atoms with Crippen LogP contribution in [0.1, 0.15) is 18.4 Å². The molecule has 9 nitrogen and oxygen atoms in total. The first-order valence-corrected chi connectivity index (χ1v) is 10.1. The number of H-pyrrole nitrogens is 1. The monoisotopic (exact) mass is 401 g/mol. The van der Waals surface area contributed by atoms with Crippen molar-refractivity contribution >= 4 is 28.7 Å². The number of piperidine rings is 1. The molecule has 3 aromatic heterocycles. The van der Waals surface area contributed by atoms with Crippen molar-refractivity contribution in [1.82, 2.24) is 34.8 Å². The Kier molecular flexibility index (Phi) is 5.17. The maximum absolute atomic E-state index is 4.49. The summed E-state index contributed by atoms with van der Waals surface area (Å²) in [6, 6.07) is 11.0. The third-order valence-corrected chi connectivity index (χ3v) is 5.28. The third-order valence-electron chi connectivity index (χ3n) is 5.28. The van der Waals surface area contributed by atoms with Crippen molar-refractivity contribution in [1.29, 1.82) is 0 Å². The summed E-state index contributed by atoms with van der Waals surface area (Å²) >= 11 is 0. The van der Waals surface area contributed by atoms with Gasteiger partial charge in [0.1, 0.15) is 11.8 Å². The Bertz CT molecular complexity index is 1090. The van der Waals surface area contributed by atoms with Crippen LogP contribution in [-0.4, -0.2) is 53.9 Å². The van der Waals surface area contributed by atoms with Crippen molar-refractivity contribution < 1.29 is 0 Å². The van der Waals surface area contributed by atoms with Crippen LogP contribution in [0.3, 0.4) is 0 Å². The fourth-order valence-electron chi connectivity index (χ4n) is 3.75. The highest BCUT2D eigenvalue weighted by Gasteiger charge is 2.21. The Morgan fingerprint density at radius 1 is 1.03 bits per heavy atom. The Morgan fingerprint density at radius 2 is 1.90 bits per heavy atom. The largest absolute Gasteiger partial charge is 0.365 e. The molecule has 4 heterocycles. The smallest absolute Gasteiger partial charge is 0.208 e. The lowest BCUT2D eigenvalue weighted by Crippen LogP contribution is -2.38. The van der Waals surface area contributed by atoms with Gasteiger partial charge in [-0.05, 0) is 18.4 Å². The highest BCUT2D eigenvalue weighted by Crippen LogP contribution is 2.23. The normalized spacial score (nSPS) is 15.3. The minimum Gasteiger partial charge on any atom is -0.365 e. The highest BCUT2D eigenvalue weighted by atomic mass is 15.2. The molecule has 0 aliphatic carbocycles. The summed E-state index contributed by atoms with van der Waals surface area (Å²) in [6.45, 7) is 3.12. The molecule has 0 radical (unpaired) electrons. The van der Waals surface area contributed by atoms with Crippen LogP contribution < -0.4 is 10.6 Å². The second-order valence-corrected chi connectivity index (χ2v) is 7.40. The Labute approximate surface area is 174 Å². The number of aromatic amines is 1. The molecule has 1 aliphatic rings. The number of likely N-dealkylation sites (tertiary alicyclic amines) is 1. The van der Waals surface area contributed by atoms with Gasteiger partial charge in [-0.25, -0.2) is 15.0 Å². The second kappa shape index (κ2) is 8.42. The van der Waals surface area contributed by atoms with E-state index in [4.69, 9.17) is 0 Å². The summed E-state index contributed by atoms with van der Waals surface area (Å²) in [7, 11) is 0.